The molecular weight excluding hydrogens is 314 g/mol. The van der Waals surface area contributed by atoms with Gasteiger partial charge in [0.25, 0.3) is 0 Å². The molecule has 0 atom stereocenters. The molecule has 6 heteroatoms. The van der Waals surface area contributed by atoms with Gasteiger partial charge in [-0.25, -0.2) is 8.78 Å². The molecule has 2 aromatic rings. The molecule has 2 aromatic carbocycles. The van der Waals surface area contributed by atoms with Crippen LogP contribution >= 0.6 is 0 Å². The highest BCUT2D eigenvalue weighted by Gasteiger charge is 2.11. The minimum atomic E-state index is -1.07. The molecule has 126 valence electrons. The van der Waals surface area contributed by atoms with Crippen LogP contribution in [0.1, 0.15) is 31.7 Å². The van der Waals surface area contributed by atoms with Gasteiger partial charge in [-0.15, -0.1) is 0 Å². The molecule has 0 unspecified atom stereocenters. The predicted octanol–water partition coefficient (Wildman–Crippen LogP) is 4.06. The Balaban J connectivity index is 1.89. The zero-order chi connectivity index (χ0) is 17.7. The largest absolute Gasteiger partial charge is 0.326 e. The van der Waals surface area contributed by atoms with Crippen LogP contribution in [0.4, 0.5) is 20.2 Å². The van der Waals surface area contributed by atoms with Gasteiger partial charge in [0.05, 0.1) is 0 Å². The summed E-state index contributed by atoms with van der Waals surface area (Å²) >= 11 is 0. The second kappa shape index (κ2) is 7.68. The number of amides is 2. The number of anilines is 2. The molecule has 0 aliphatic carbocycles. The summed E-state index contributed by atoms with van der Waals surface area (Å²) in [5.41, 5.74) is 1.82. The Hall–Kier alpha value is -2.76. The Morgan fingerprint density at radius 2 is 1.42 bits per heavy atom. The Kier molecular flexibility index (Phi) is 5.63. The first kappa shape index (κ1) is 17.6. The van der Waals surface area contributed by atoms with Crippen molar-refractivity contribution in [3.05, 3.63) is 59.7 Å². The molecule has 0 fully saturated rings. The van der Waals surface area contributed by atoms with Gasteiger partial charge in [0.2, 0.25) is 11.8 Å². The van der Waals surface area contributed by atoms with Crippen LogP contribution in [0, 0.1) is 11.6 Å². The van der Waals surface area contributed by atoms with E-state index in [2.05, 4.69) is 24.5 Å². The minimum Gasteiger partial charge on any atom is -0.326 e. The molecular formula is C18H18F2N2O2. The molecule has 0 aliphatic heterocycles. The normalized spacial score (nSPS) is 10.5. The third kappa shape index (κ3) is 4.87. The number of nitrogens with one attached hydrogen (secondary N) is 2. The summed E-state index contributed by atoms with van der Waals surface area (Å²) in [6, 6.07) is 10.3. The van der Waals surface area contributed by atoms with E-state index in [-0.39, 0.29) is 5.69 Å². The van der Waals surface area contributed by atoms with Crippen molar-refractivity contribution in [3.8, 4) is 0 Å². The molecule has 4 nitrogen and oxygen atoms in total. The van der Waals surface area contributed by atoms with E-state index in [0.29, 0.717) is 11.6 Å². The summed E-state index contributed by atoms with van der Waals surface area (Å²) in [6.45, 7) is 4.13. The third-order valence-electron chi connectivity index (χ3n) is 3.39. The molecule has 0 spiro atoms. The third-order valence-corrected chi connectivity index (χ3v) is 3.39. The van der Waals surface area contributed by atoms with Crippen molar-refractivity contribution in [2.75, 3.05) is 10.6 Å². The summed E-state index contributed by atoms with van der Waals surface area (Å²) in [5.74, 6) is -2.79. The van der Waals surface area contributed by atoms with Crippen LogP contribution in [0.5, 0.6) is 0 Å². The van der Waals surface area contributed by atoms with Crippen molar-refractivity contribution in [1.29, 1.82) is 0 Å². The summed E-state index contributed by atoms with van der Waals surface area (Å²) in [5, 5.41) is 4.96. The summed E-state index contributed by atoms with van der Waals surface area (Å²) in [7, 11) is 0. The van der Waals surface area contributed by atoms with Gasteiger partial charge >= 0.3 is 0 Å². The highest BCUT2D eigenvalue weighted by atomic mass is 19.2. The lowest BCUT2D eigenvalue weighted by atomic mass is 10.0. The van der Waals surface area contributed by atoms with E-state index < -0.39 is 29.9 Å². The molecule has 0 radical (unpaired) electrons. The van der Waals surface area contributed by atoms with E-state index >= 15 is 0 Å². The smallest absolute Gasteiger partial charge is 0.233 e. The van der Waals surface area contributed by atoms with E-state index in [1.807, 2.05) is 12.1 Å². The van der Waals surface area contributed by atoms with Gasteiger partial charge < -0.3 is 10.6 Å². The number of hydrogen-bond acceptors (Lipinski definition) is 2. The second-order valence-electron chi connectivity index (χ2n) is 5.68. The highest BCUT2D eigenvalue weighted by molar-refractivity contribution is 6.08. The monoisotopic (exact) mass is 332 g/mol. The molecule has 0 heterocycles. The van der Waals surface area contributed by atoms with Crippen molar-refractivity contribution in [2.24, 2.45) is 0 Å². The molecule has 0 bridgehead atoms. The molecule has 24 heavy (non-hydrogen) atoms. The van der Waals surface area contributed by atoms with Gasteiger partial charge in [-0.3, -0.25) is 9.59 Å². The maximum Gasteiger partial charge on any atom is 0.233 e. The number of hydrogen-bond donors (Lipinski definition) is 2. The summed E-state index contributed by atoms with van der Waals surface area (Å²) in [6.07, 6.45) is -0.426. The zero-order valence-electron chi connectivity index (χ0n) is 13.4. The van der Waals surface area contributed by atoms with Gasteiger partial charge in [-0.2, -0.15) is 0 Å². The quantitative estimate of drug-likeness (QED) is 0.811. The van der Waals surface area contributed by atoms with E-state index in [1.165, 1.54) is 6.07 Å². The second-order valence-corrected chi connectivity index (χ2v) is 5.68. The van der Waals surface area contributed by atoms with E-state index in [9.17, 15) is 18.4 Å². The zero-order valence-corrected chi connectivity index (χ0v) is 13.4. The number of carbonyl (C=O) groups is 2. The lowest BCUT2D eigenvalue weighted by Crippen LogP contribution is -2.21. The molecule has 2 amide bonds. The summed E-state index contributed by atoms with van der Waals surface area (Å²) < 4.78 is 25.9. The molecule has 2 N–H and O–H groups in total. The number of rotatable bonds is 5. The van der Waals surface area contributed by atoms with Crippen LogP contribution in [0.15, 0.2) is 42.5 Å². The predicted molar refractivity (Wildman–Crippen MR) is 88.8 cm³/mol. The highest BCUT2D eigenvalue weighted by Crippen LogP contribution is 2.17. The van der Waals surface area contributed by atoms with Crippen molar-refractivity contribution >= 4 is 23.2 Å². The molecule has 2 rings (SSSR count). The fourth-order valence-corrected chi connectivity index (χ4v) is 2.08. The Morgan fingerprint density at radius 3 is 1.96 bits per heavy atom. The fourth-order valence-electron chi connectivity index (χ4n) is 2.08. The van der Waals surface area contributed by atoms with Crippen molar-refractivity contribution in [2.45, 2.75) is 26.2 Å². The van der Waals surface area contributed by atoms with Crippen LogP contribution < -0.4 is 10.6 Å². The number of benzene rings is 2. The van der Waals surface area contributed by atoms with Crippen LogP contribution in [0.2, 0.25) is 0 Å². The molecule has 0 saturated carbocycles. The standard InChI is InChI=1S/C18H18F2N2O2/c1-11(2)12-3-5-13(6-4-12)21-17(23)10-18(24)22-14-7-8-15(19)16(20)9-14/h3-9,11H,10H2,1-2H3,(H,21,23)(H,22,24). The van der Waals surface area contributed by atoms with Gasteiger partial charge in [0, 0.05) is 17.4 Å². The minimum absolute atomic E-state index is 0.0907. The topological polar surface area (TPSA) is 58.2 Å². The SMILES string of the molecule is CC(C)c1ccc(NC(=O)CC(=O)Nc2ccc(F)c(F)c2)cc1. The Morgan fingerprint density at radius 1 is 0.875 bits per heavy atom. The van der Waals surface area contributed by atoms with Crippen LogP contribution in [0.25, 0.3) is 0 Å². The average molecular weight is 332 g/mol. The number of carbonyl (C=O) groups excluding carboxylic acids is 2. The lowest BCUT2D eigenvalue weighted by molar-refractivity contribution is -0.123. The van der Waals surface area contributed by atoms with Crippen molar-refractivity contribution < 1.29 is 18.4 Å². The maximum absolute atomic E-state index is 13.1. The first-order chi connectivity index (χ1) is 11.3. The maximum atomic E-state index is 13.1. The van der Waals surface area contributed by atoms with Crippen molar-refractivity contribution in [1.82, 2.24) is 0 Å². The fraction of sp³-hybridized carbons (Fsp3) is 0.222. The Labute approximate surface area is 138 Å². The van der Waals surface area contributed by atoms with E-state index in [0.717, 1.165) is 17.7 Å². The Bertz CT molecular complexity index is 743. The molecule has 0 aromatic heterocycles. The van der Waals surface area contributed by atoms with Gasteiger partial charge in [0.1, 0.15) is 6.42 Å². The first-order valence-corrected chi connectivity index (χ1v) is 7.50. The van der Waals surface area contributed by atoms with Gasteiger partial charge in [0.15, 0.2) is 11.6 Å². The van der Waals surface area contributed by atoms with Crippen molar-refractivity contribution in [3.63, 3.8) is 0 Å². The average Bonchev–Trinajstić information content (AvgIpc) is 2.51. The molecule has 0 saturated heterocycles. The summed E-state index contributed by atoms with van der Waals surface area (Å²) in [4.78, 5) is 23.6. The van der Waals surface area contributed by atoms with Crippen LogP contribution in [0.3, 0.4) is 0 Å². The van der Waals surface area contributed by atoms with Crippen LogP contribution in [-0.4, -0.2) is 11.8 Å². The lowest BCUT2D eigenvalue weighted by Gasteiger charge is -2.09. The number of halogens is 2. The van der Waals surface area contributed by atoms with Crippen LogP contribution in [-0.2, 0) is 9.59 Å². The first-order valence-electron chi connectivity index (χ1n) is 7.50. The van der Waals surface area contributed by atoms with Gasteiger partial charge in [-0.05, 0) is 35.7 Å². The molecule has 0 aliphatic rings. The van der Waals surface area contributed by atoms with E-state index in [4.69, 9.17) is 0 Å². The van der Waals surface area contributed by atoms with Gasteiger partial charge in [-0.1, -0.05) is 26.0 Å². The van der Waals surface area contributed by atoms with E-state index in [1.54, 1.807) is 12.1 Å².